The smallest absolute Gasteiger partial charge is 0.383 e. The molecular weight excluding hydrogens is 468 g/mol. The summed E-state index contributed by atoms with van der Waals surface area (Å²) >= 11 is 0. The molecule has 1 aromatic heterocycles. The molecule has 6 heteroatoms. The number of carbonyl (C=O) groups excluding carboxylic acids is 1. The van der Waals surface area contributed by atoms with Gasteiger partial charge in [-0.3, -0.25) is 4.79 Å². The van der Waals surface area contributed by atoms with Crippen LogP contribution in [0.4, 0.5) is 0 Å². The predicted molar refractivity (Wildman–Crippen MR) is 150 cm³/mol. The average molecular weight is 513 g/mol. The Labute approximate surface area is 221 Å². The van der Waals surface area contributed by atoms with Crippen LogP contribution in [0.25, 0.3) is 11.0 Å². The number of ether oxygens (including phenoxy) is 3. The van der Waals surface area contributed by atoms with E-state index in [0.717, 1.165) is 25.7 Å². The van der Waals surface area contributed by atoms with Gasteiger partial charge in [0.2, 0.25) is 0 Å². The standard InChI is InChI=1S/C31H44O6/c1-6-7-8-9-10-11-12-13-20-34-26-17-18-27-28(22-26)37-31(33)30(36-25(5)32)29(27)35-21-19-24(4)16-14-15-23(2)3/h15,17-19,22H,6-14,16,20-21H2,1-5H3/b24-19+. The minimum Gasteiger partial charge on any atom is -0.493 e. The summed E-state index contributed by atoms with van der Waals surface area (Å²) in [6, 6.07) is 5.28. The number of unbranched alkanes of at least 4 members (excludes halogenated alkanes) is 7. The first-order valence-electron chi connectivity index (χ1n) is 13.7. The number of fused-ring (bicyclic) bond motifs is 1. The Hall–Kier alpha value is -3.02. The highest BCUT2D eigenvalue weighted by molar-refractivity contribution is 5.87. The molecular formula is C31H44O6. The van der Waals surface area contributed by atoms with Gasteiger partial charge >= 0.3 is 11.6 Å². The van der Waals surface area contributed by atoms with E-state index in [0.29, 0.717) is 23.3 Å². The van der Waals surface area contributed by atoms with Crippen LogP contribution in [-0.4, -0.2) is 19.2 Å². The molecule has 0 saturated heterocycles. The van der Waals surface area contributed by atoms with Crippen LogP contribution in [0.15, 0.2) is 50.7 Å². The van der Waals surface area contributed by atoms with Gasteiger partial charge in [-0.2, -0.15) is 0 Å². The van der Waals surface area contributed by atoms with Crippen molar-refractivity contribution in [2.45, 2.75) is 98.8 Å². The number of hydrogen-bond donors (Lipinski definition) is 0. The number of hydrogen-bond acceptors (Lipinski definition) is 6. The molecule has 37 heavy (non-hydrogen) atoms. The quantitative estimate of drug-likeness (QED) is 0.0918. The van der Waals surface area contributed by atoms with Gasteiger partial charge in [-0.15, -0.1) is 0 Å². The van der Waals surface area contributed by atoms with Gasteiger partial charge in [0.05, 0.1) is 12.0 Å². The largest absolute Gasteiger partial charge is 0.493 e. The Kier molecular flexibility index (Phi) is 13.6. The number of carbonyl (C=O) groups is 1. The van der Waals surface area contributed by atoms with Gasteiger partial charge in [0.1, 0.15) is 17.9 Å². The summed E-state index contributed by atoms with van der Waals surface area (Å²) in [4.78, 5) is 24.3. The highest BCUT2D eigenvalue weighted by Crippen LogP contribution is 2.35. The van der Waals surface area contributed by atoms with Crippen molar-refractivity contribution in [2.75, 3.05) is 13.2 Å². The van der Waals surface area contributed by atoms with E-state index in [9.17, 15) is 9.59 Å². The Morgan fingerprint density at radius 3 is 2.27 bits per heavy atom. The predicted octanol–water partition coefficient (Wildman–Crippen LogP) is 8.31. The van der Waals surface area contributed by atoms with Crippen molar-refractivity contribution in [2.24, 2.45) is 0 Å². The van der Waals surface area contributed by atoms with E-state index in [1.165, 1.54) is 56.6 Å². The Morgan fingerprint density at radius 1 is 0.892 bits per heavy atom. The van der Waals surface area contributed by atoms with Crippen molar-refractivity contribution in [3.63, 3.8) is 0 Å². The van der Waals surface area contributed by atoms with E-state index in [2.05, 4.69) is 26.8 Å². The van der Waals surface area contributed by atoms with E-state index in [1.807, 2.05) is 19.1 Å². The molecule has 204 valence electrons. The first-order valence-corrected chi connectivity index (χ1v) is 13.7. The molecule has 0 atom stereocenters. The summed E-state index contributed by atoms with van der Waals surface area (Å²) in [5.41, 5.74) is 2.03. The van der Waals surface area contributed by atoms with Crippen LogP contribution in [0.3, 0.4) is 0 Å². The van der Waals surface area contributed by atoms with Crippen LogP contribution in [-0.2, 0) is 4.79 Å². The lowest BCUT2D eigenvalue weighted by atomic mass is 10.1. The van der Waals surface area contributed by atoms with Gasteiger partial charge in [0, 0.05) is 13.0 Å². The molecule has 0 aliphatic heterocycles. The van der Waals surface area contributed by atoms with E-state index in [4.69, 9.17) is 18.6 Å². The van der Waals surface area contributed by atoms with Crippen molar-refractivity contribution in [1.29, 1.82) is 0 Å². The molecule has 0 amide bonds. The maximum absolute atomic E-state index is 12.6. The normalized spacial score (nSPS) is 11.4. The molecule has 0 aliphatic carbocycles. The molecule has 0 N–H and O–H groups in total. The lowest BCUT2D eigenvalue weighted by Gasteiger charge is -2.13. The first-order chi connectivity index (χ1) is 17.8. The lowest BCUT2D eigenvalue weighted by Crippen LogP contribution is -2.13. The Morgan fingerprint density at radius 2 is 1.59 bits per heavy atom. The maximum Gasteiger partial charge on any atom is 0.383 e. The third kappa shape index (κ3) is 11.3. The fraction of sp³-hybridized carbons (Fsp3) is 0.548. The second-order valence-corrected chi connectivity index (χ2v) is 9.80. The van der Waals surface area contributed by atoms with Crippen molar-refractivity contribution < 1.29 is 23.4 Å². The van der Waals surface area contributed by atoms with Gasteiger partial charge in [0.15, 0.2) is 5.75 Å². The molecule has 0 saturated carbocycles. The third-order valence-electron chi connectivity index (χ3n) is 6.06. The Bertz CT molecular complexity index is 1100. The lowest BCUT2D eigenvalue weighted by molar-refractivity contribution is -0.132. The summed E-state index contributed by atoms with van der Waals surface area (Å²) < 4.78 is 22.5. The van der Waals surface area contributed by atoms with Gasteiger partial charge < -0.3 is 18.6 Å². The topological polar surface area (TPSA) is 75.0 Å². The van der Waals surface area contributed by atoms with Crippen molar-refractivity contribution in [3.05, 3.63) is 51.9 Å². The van der Waals surface area contributed by atoms with E-state index < -0.39 is 11.6 Å². The van der Waals surface area contributed by atoms with E-state index >= 15 is 0 Å². The fourth-order valence-corrected chi connectivity index (χ4v) is 3.98. The van der Waals surface area contributed by atoms with Gasteiger partial charge in [-0.05, 0) is 58.2 Å². The van der Waals surface area contributed by atoms with Crippen LogP contribution < -0.4 is 19.8 Å². The van der Waals surface area contributed by atoms with Gasteiger partial charge in [-0.1, -0.05) is 69.1 Å². The molecule has 6 nitrogen and oxygen atoms in total. The molecule has 0 unspecified atom stereocenters. The summed E-state index contributed by atoms with van der Waals surface area (Å²) in [7, 11) is 0. The fourth-order valence-electron chi connectivity index (χ4n) is 3.98. The molecule has 0 radical (unpaired) electrons. The molecule has 0 bridgehead atoms. The second kappa shape index (κ2) is 16.7. The Balaban J connectivity index is 2.06. The molecule has 0 aliphatic rings. The van der Waals surface area contributed by atoms with Gasteiger partial charge in [-0.25, -0.2) is 4.79 Å². The molecule has 2 aromatic rings. The SMILES string of the molecule is CCCCCCCCCCOc1ccc2c(OC/C=C(\C)CCC=C(C)C)c(OC(C)=O)c(=O)oc2c1. The van der Waals surface area contributed by atoms with Crippen LogP contribution in [0.5, 0.6) is 17.2 Å². The zero-order valence-corrected chi connectivity index (χ0v) is 23.3. The summed E-state index contributed by atoms with van der Waals surface area (Å²) in [5.74, 6) is -0.0253. The molecule has 1 heterocycles. The molecule has 1 aromatic carbocycles. The van der Waals surface area contributed by atoms with Crippen molar-refractivity contribution in [1.82, 2.24) is 0 Å². The maximum atomic E-state index is 12.6. The minimum absolute atomic E-state index is 0.199. The zero-order chi connectivity index (χ0) is 27.0. The minimum atomic E-state index is -0.762. The zero-order valence-electron chi connectivity index (χ0n) is 23.3. The van der Waals surface area contributed by atoms with Crippen molar-refractivity contribution in [3.8, 4) is 17.2 Å². The number of esters is 1. The number of benzene rings is 1. The van der Waals surface area contributed by atoms with Crippen LogP contribution in [0.2, 0.25) is 0 Å². The number of allylic oxidation sites excluding steroid dienone is 3. The highest BCUT2D eigenvalue weighted by atomic mass is 16.6. The molecule has 0 fully saturated rings. The van der Waals surface area contributed by atoms with Gasteiger partial charge in [0.25, 0.3) is 5.75 Å². The highest BCUT2D eigenvalue weighted by Gasteiger charge is 2.20. The summed E-state index contributed by atoms with van der Waals surface area (Å²) in [6.07, 6.45) is 15.9. The van der Waals surface area contributed by atoms with Crippen LogP contribution in [0, 0.1) is 0 Å². The van der Waals surface area contributed by atoms with E-state index in [-0.39, 0.29) is 18.1 Å². The third-order valence-corrected chi connectivity index (χ3v) is 6.06. The molecule has 0 spiro atoms. The summed E-state index contributed by atoms with van der Waals surface area (Å²) in [5, 5.41) is 0.547. The van der Waals surface area contributed by atoms with E-state index in [1.54, 1.807) is 12.1 Å². The summed E-state index contributed by atoms with van der Waals surface area (Å²) in [6.45, 7) is 10.5. The average Bonchev–Trinajstić information content (AvgIpc) is 2.84. The van der Waals surface area contributed by atoms with Crippen LogP contribution in [0.1, 0.15) is 98.8 Å². The molecule has 2 rings (SSSR count). The number of rotatable bonds is 17. The monoisotopic (exact) mass is 512 g/mol. The first kappa shape index (κ1) is 30.2. The van der Waals surface area contributed by atoms with Crippen molar-refractivity contribution >= 4 is 16.9 Å². The second-order valence-electron chi connectivity index (χ2n) is 9.80. The van der Waals surface area contributed by atoms with Crippen LogP contribution >= 0.6 is 0 Å².